The van der Waals surface area contributed by atoms with Gasteiger partial charge in [0.05, 0.1) is 16.0 Å². The summed E-state index contributed by atoms with van der Waals surface area (Å²) in [6.07, 6.45) is -3.17. The number of rotatable bonds is 7. The second-order valence-corrected chi connectivity index (χ2v) is 9.98. The van der Waals surface area contributed by atoms with Crippen LogP contribution in [0, 0.1) is 0 Å². The number of aromatic nitrogens is 1. The van der Waals surface area contributed by atoms with Gasteiger partial charge in [-0.2, -0.15) is 13.2 Å². The van der Waals surface area contributed by atoms with Crippen LogP contribution < -0.4 is 14.2 Å². The number of carboxylic acid groups (broad SMARTS) is 1. The Hall–Kier alpha value is -4.19. The van der Waals surface area contributed by atoms with Crippen molar-refractivity contribution in [2.24, 2.45) is 0 Å². The third-order valence-electron chi connectivity index (χ3n) is 5.75. The van der Waals surface area contributed by atoms with Crippen molar-refractivity contribution in [2.45, 2.75) is 23.9 Å². The summed E-state index contributed by atoms with van der Waals surface area (Å²) in [5.74, 6) is 0.157. The summed E-state index contributed by atoms with van der Waals surface area (Å²) in [4.78, 5) is 11.0. The Morgan fingerprint density at radius 2 is 1.57 bits per heavy atom. The molecule has 12 heteroatoms. The highest BCUT2D eigenvalue weighted by Gasteiger charge is 2.30. The van der Waals surface area contributed by atoms with Gasteiger partial charge in [-0.15, -0.1) is 0 Å². The SMILES string of the molecule is O=C(O)CCc1cn(S(=O)(=O)c2ccc(Oc3ccc(C(F)(F)F)cc3)cc2)c2cc3c(cc12)OCO3. The molecule has 1 aliphatic heterocycles. The maximum absolute atomic E-state index is 13.5. The van der Waals surface area contributed by atoms with Crippen LogP contribution in [0.15, 0.2) is 71.8 Å². The molecule has 0 amide bonds. The fourth-order valence-corrected chi connectivity index (χ4v) is 5.32. The molecule has 0 saturated heterocycles. The second-order valence-electron chi connectivity index (χ2n) is 8.17. The molecule has 3 aromatic carbocycles. The Morgan fingerprint density at radius 3 is 2.16 bits per heavy atom. The lowest BCUT2D eigenvalue weighted by molar-refractivity contribution is -0.138. The molecule has 5 rings (SSSR count). The van der Waals surface area contributed by atoms with Crippen molar-refractivity contribution >= 4 is 26.9 Å². The average Bonchev–Trinajstić information content (AvgIpc) is 3.45. The smallest absolute Gasteiger partial charge is 0.416 e. The molecule has 0 unspecified atom stereocenters. The van der Waals surface area contributed by atoms with Gasteiger partial charge in [-0.3, -0.25) is 4.79 Å². The van der Waals surface area contributed by atoms with Crippen LogP contribution >= 0.6 is 0 Å². The van der Waals surface area contributed by atoms with Crippen molar-refractivity contribution in [3.05, 3.63) is 78.0 Å². The molecule has 4 aromatic rings. The third-order valence-corrected chi connectivity index (χ3v) is 7.44. The molecule has 1 aliphatic rings. The van der Waals surface area contributed by atoms with Crippen LogP contribution in [0.2, 0.25) is 0 Å². The first-order chi connectivity index (χ1) is 17.5. The predicted molar refractivity (Wildman–Crippen MR) is 125 cm³/mol. The fraction of sp³-hybridized carbons (Fsp3) is 0.160. The highest BCUT2D eigenvalue weighted by atomic mass is 32.2. The minimum Gasteiger partial charge on any atom is -0.481 e. The van der Waals surface area contributed by atoms with Crippen molar-refractivity contribution < 1.29 is 45.7 Å². The number of aliphatic carboxylic acids is 1. The number of halogens is 3. The topological polar surface area (TPSA) is 104 Å². The lowest BCUT2D eigenvalue weighted by Crippen LogP contribution is -2.11. The molecule has 0 bridgehead atoms. The van der Waals surface area contributed by atoms with E-state index in [9.17, 15) is 26.4 Å². The summed E-state index contributed by atoms with van der Waals surface area (Å²) in [5.41, 5.74) is 0.00169. The molecule has 0 atom stereocenters. The summed E-state index contributed by atoms with van der Waals surface area (Å²) < 4.78 is 82.7. The van der Waals surface area contributed by atoms with Crippen LogP contribution in [-0.4, -0.2) is 30.3 Å². The van der Waals surface area contributed by atoms with Crippen molar-refractivity contribution in [2.75, 3.05) is 6.79 Å². The normalized spacial score (nSPS) is 13.2. The van der Waals surface area contributed by atoms with Crippen LogP contribution in [-0.2, 0) is 27.4 Å². The van der Waals surface area contributed by atoms with Crippen LogP contribution in [0.25, 0.3) is 10.9 Å². The van der Waals surface area contributed by atoms with Crippen LogP contribution in [0.5, 0.6) is 23.0 Å². The number of fused-ring (bicyclic) bond motifs is 2. The van der Waals surface area contributed by atoms with Crippen molar-refractivity contribution in [1.82, 2.24) is 3.97 Å². The minimum absolute atomic E-state index is 0.0143. The molecule has 0 fully saturated rings. The summed E-state index contributed by atoms with van der Waals surface area (Å²) in [6.45, 7) is -0.0143. The number of hydrogen-bond donors (Lipinski definition) is 1. The number of ether oxygens (including phenoxy) is 3. The lowest BCUT2D eigenvalue weighted by Gasteiger charge is -2.11. The van der Waals surface area contributed by atoms with Gasteiger partial charge in [0.25, 0.3) is 10.0 Å². The van der Waals surface area contributed by atoms with E-state index in [1.165, 1.54) is 48.7 Å². The molecule has 0 saturated carbocycles. The van der Waals surface area contributed by atoms with E-state index in [1.54, 1.807) is 6.07 Å². The number of carbonyl (C=O) groups is 1. The summed E-state index contributed by atoms with van der Waals surface area (Å²) in [7, 11) is -4.12. The first-order valence-electron chi connectivity index (χ1n) is 10.9. The number of alkyl halides is 3. The molecule has 0 spiro atoms. The first-order valence-corrected chi connectivity index (χ1v) is 12.3. The molecule has 37 heavy (non-hydrogen) atoms. The minimum atomic E-state index is -4.47. The Kier molecular flexibility index (Phi) is 5.98. The number of hydrogen-bond acceptors (Lipinski definition) is 6. The van der Waals surface area contributed by atoms with Crippen molar-refractivity contribution in [3.8, 4) is 23.0 Å². The zero-order valence-electron chi connectivity index (χ0n) is 18.9. The van der Waals surface area contributed by atoms with E-state index in [1.807, 2.05) is 0 Å². The third kappa shape index (κ3) is 4.79. The number of carboxylic acids is 1. The molecule has 1 N–H and O–H groups in total. The van der Waals surface area contributed by atoms with E-state index in [4.69, 9.17) is 19.3 Å². The monoisotopic (exact) mass is 533 g/mol. The fourth-order valence-electron chi connectivity index (χ4n) is 3.93. The molecule has 1 aromatic heterocycles. The van der Waals surface area contributed by atoms with Gasteiger partial charge in [0, 0.05) is 24.1 Å². The van der Waals surface area contributed by atoms with E-state index in [2.05, 4.69) is 0 Å². The van der Waals surface area contributed by atoms with Gasteiger partial charge in [-0.1, -0.05) is 0 Å². The molecule has 192 valence electrons. The van der Waals surface area contributed by atoms with E-state index >= 15 is 0 Å². The Morgan fingerprint density at radius 1 is 0.973 bits per heavy atom. The Balaban J connectivity index is 1.46. The van der Waals surface area contributed by atoms with Crippen LogP contribution in [0.1, 0.15) is 17.5 Å². The highest BCUT2D eigenvalue weighted by Crippen LogP contribution is 2.39. The van der Waals surface area contributed by atoms with E-state index in [-0.39, 0.29) is 36.0 Å². The maximum Gasteiger partial charge on any atom is 0.416 e. The summed E-state index contributed by atoms with van der Waals surface area (Å²) in [6, 6.07) is 12.7. The largest absolute Gasteiger partial charge is 0.481 e. The Labute approximate surface area is 208 Å². The Bertz CT molecular complexity index is 1590. The number of nitrogens with zero attached hydrogens (tertiary/aromatic N) is 1. The standard InChI is InChI=1S/C25H18F3NO7S/c26-25(27,28)16-2-4-17(5-3-16)36-18-6-8-19(9-7-18)37(32,33)29-13-15(1-10-24(30)31)20-11-22-23(12-21(20)29)35-14-34-22/h2-9,11-13H,1,10,14H2,(H,30,31). The van der Waals surface area contributed by atoms with E-state index < -0.39 is 27.7 Å². The van der Waals surface area contributed by atoms with Gasteiger partial charge in [-0.05, 0) is 66.6 Å². The molecule has 0 aliphatic carbocycles. The van der Waals surface area contributed by atoms with Gasteiger partial charge >= 0.3 is 12.1 Å². The molecular formula is C25H18F3NO7S. The first kappa shape index (κ1) is 24.5. The quantitative estimate of drug-likeness (QED) is 0.338. The van der Waals surface area contributed by atoms with Gasteiger partial charge in [-0.25, -0.2) is 12.4 Å². The van der Waals surface area contributed by atoms with Crippen molar-refractivity contribution in [3.63, 3.8) is 0 Å². The molecular weight excluding hydrogens is 515 g/mol. The summed E-state index contributed by atoms with van der Waals surface area (Å²) in [5, 5.41) is 9.62. The van der Waals surface area contributed by atoms with Crippen LogP contribution in [0.3, 0.4) is 0 Å². The van der Waals surface area contributed by atoms with Gasteiger partial charge in [0.15, 0.2) is 11.5 Å². The molecule has 2 heterocycles. The highest BCUT2D eigenvalue weighted by molar-refractivity contribution is 7.90. The maximum atomic E-state index is 13.5. The number of aryl methyl sites for hydroxylation is 1. The van der Waals surface area contributed by atoms with Gasteiger partial charge in [0.1, 0.15) is 11.5 Å². The second kappa shape index (κ2) is 9.04. The lowest BCUT2D eigenvalue weighted by atomic mass is 10.1. The van der Waals surface area contributed by atoms with E-state index in [0.717, 1.165) is 16.1 Å². The molecule has 0 radical (unpaired) electrons. The van der Waals surface area contributed by atoms with E-state index in [0.29, 0.717) is 28.0 Å². The predicted octanol–water partition coefficient (Wildman–Crippen LogP) is 5.44. The van der Waals surface area contributed by atoms with Crippen molar-refractivity contribution in [1.29, 1.82) is 0 Å². The average molecular weight is 533 g/mol. The molecule has 8 nitrogen and oxygen atoms in total. The number of benzene rings is 3. The zero-order chi connectivity index (χ0) is 26.4. The zero-order valence-corrected chi connectivity index (χ0v) is 19.7. The van der Waals surface area contributed by atoms with Crippen LogP contribution in [0.4, 0.5) is 13.2 Å². The van der Waals surface area contributed by atoms with Gasteiger partial charge < -0.3 is 19.3 Å². The van der Waals surface area contributed by atoms with Gasteiger partial charge in [0.2, 0.25) is 6.79 Å². The summed E-state index contributed by atoms with van der Waals surface area (Å²) >= 11 is 0.